The Morgan fingerprint density at radius 2 is 2.00 bits per heavy atom. The molecule has 0 aromatic carbocycles. The monoisotopic (exact) mass is 313 g/mol. The molecule has 1 amide bonds. The van der Waals surface area contributed by atoms with Gasteiger partial charge in [0.15, 0.2) is 0 Å². The minimum Gasteiger partial charge on any atom is -0.275 e. The summed E-state index contributed by atoms with van der Waals surface area (Å²) in [7, 11) is 3.15. The molecule has 0 heterocycles. The van der Waals surface area contributed by atoms with Crippen LogP contribution in [0.5, 0.6) is 0 Å². The van der Waals surface area contributed by atoms with E-state index in [2.05, 4.69) is 36.4 Å². The molecular weight excluding hydrogens is 293 g/mol. The molecule has 0 rings (SSSR count). The van der Waals surface area contributed by atoms with E-state index in [1.54, 1.807) is 7.05 Å². The van der Waals surface area contributed by atoms with Crippen molar-refractivity contribution in [1.29, 1.82) is 0 Å². The van der Waals surface area contributed by atoms with Crippen LogP contribution in [0.3, 0.4) is 0 Å². The highest BCUT2D eigenvalue weighted by molar-refractivity contribution is 14.1. The fourth-order valence-electron chi connectivity index (χ4n) is 1.09. The first-order chi connectivity index (χ1) is 6.43. The standard InChI is InChI=1S/C10H20INO2/c1-10(2,7-8-11)6-5-9(13)12(3)14-4/h5-8H2,1-4H3. The summed E-state index contributed by atoms with van der Waals surface area (Å²) in [6, 6.07) is 0. The normalized spacial score (nSPS) is 11.5. The molecule has 0 N–H and O–H groups in total. The Balaban J connectivity index is 3.87. The van der Waals surface area contributed by atoms with Crippen molar-refractivity contribution in [2.45, 2.75) is 33.1 Å². The first kappa shape index (κ1) is 14.2. The maximum absolute atomic E-state index is 11.4. The molecule has 84 valence electrons. The maximum atomic E-state index is 11.4. The van der Waals surface area contributed by atoms with Crippen molar-refractivity contribution in [3.63, 3.8) is 0 Å². The average molecular weight is 313 g/mol. The Labute approximate surface area is 100 Å². The minimum atomic E-state index is 0.0500. The molecule has 0 bridgehead atoms. The molecule has 0 aromatic heterocycles. The van der Waals surface area contributed by atoms with Crippen LogP contribution < -0.4 is 0 Å². The molecule has 0 aromatic rings. The molecule has 0 saturated carbocycles. The van der Waals surface area contributed by atoms with Gasteiger partial charge in [-0.1, -0.05) is 36.4 Å². The molecule has 0 aliphatic rings. The molecule has 0 saturated heterocycles. The SMILES string of the molecule is CON(C)C(=O)CCC(C)(C)CCI. The number of nitrogens with zero attached hydrogens (tertiary/aromatic N) is 1. The van der Waals surface area contributed by atoms with Crippen molar-refractivity contribution in [2.24, 2.45) is 5.41 Å². The molecular formula is C10H20INO2. The van der Waals surface area contributed by atoms with E-state index in [1.165, 1.54) is 12.2 Å². The quantitative estimate of drug-likeness (QED) is 0.429. The Hall–Kier alpha value is 0.160. The van der Waals surface area contributed by atoms with Crippen LogP contribution in [0.15, 0.2) is 0 Å². The predicted molar refractivity (Wildman–Crippen MR) is 66.3 cm³/mol. The van der Waals surface area contributed by atoms with Crippen molar-refractivity contribution in [3.05, 3.63) is 0 Å². The van der Waals surface area contributed by atoms with Crippen LogP contribution in [0.25, 0.3) is 0 Å². The Kier molecular flexibility index (Phi) is 6.68. The number of rotatable bonds is 6. The Morgan fingerprint density at radius 1 is 1.43 bits per heavy atom. The lowest BCUT2D eigenvalue weighted by Crippen LogP contribution is -2.26. The third-order valence-electron chi connectivity index (χ3n) is 2.41. The summed E-state index contributed by atoms with van der Waals surface area (Å²) >= 11 is 2.37. The fraction of sp³-hybridized carbons (Fsp3) is 0.900. The van der Waals surface area contributed by atoms with E-state index in [1.807, 2.05) is 0 Å². The third kappa shape index (κ3) is 5.80. The fourth-order valence-corrected chi connectivity index (χ4v) is 2.55. The second-order valence-electron chi connectivity index (χ2n) is 4.18. The molecule has 0 fully saturated rings. The Bertz CT molecular complexity index is 183. The van der Waals surface area contributed by atoms with Gasteiger partial charge >= 0.3 is 0 Å². The van der Waals surface area contributed by atoms with Crippen molar-refractivity contribution in [1.82, 2.24) is 5.06 Å². The number of halogens is 1. The van der Waals surface area contributed by atoms with Gasteiger partial charge in [0.1, 0.15) is 0 Å². The second-order valence-corrected chi connectivity index (χ2v) is 5.26. The topological polar surface area (TPSA) is 29.5 Å². The van der Waals surface area contributed by atoms with E-state index in [9.17, 15) is 4.79 Å². The lowest BCUT2D eigenvalue weighted by atomic mass is 9.85. The van der Waals surface area contributed by atoms with Gasteiger partial charge in [-0.15, -0.1) is 0 Å². The lowest BCUT2D eigenvalue weighted by molar-refractivity contribution is -0.169. The summed E-state index contributed by atoms with van der Waals surface area (Å²) in [5.74, 6) is 0.0500. The zero-order valence-corrected chi connectivity index (χ0v) is 11.6. The van der Waals surface area contributed by atoms with E-state index < -0.39 is 0 Å². The molecule has 0 unspecified atom stereocenters. The van der Waals surface area contributed by atoms with Crippen molar-refractivity contribution in [3.8, 4) is 0 Å². The zero-order chi connectivity index (χ0) is 11.2. The number of hydroxylamine groups is 2. The van der Waals surface area contributed by atoms with Gasteiger partial charge < -0.3 is 0 Å². The highest BCUT2D eigenvalue weighted by atomic mass is 127. The summed E-state index contributed by atoms with van der Waals surface area (Å²) in [5, 5.41) is 1.29. The average Bonchev–Trinajstić information content (AvgIpc) is 2.13. The first-order valence-electron chi connectivity index (χ1n) is 4.79. The van der Waals surface area contributed by atoms with Gasteiger partial charge in [-0.05, 0) is 18.3 Å². The molecule has 0 radical (unpaired) electrons. The van der Waals surface area contributed by atoms with Gasteiger partial charge in [-0.2, -0.15) is 0 Å². The zero-order valence-electron chi connectivity index (χ0n) is 9.47. The van der Waals surface area contributed by atoms with Crippen molar-refractivity contribution < 1.29 is 9.63 Å². The first-order valence-corrected chi connectivity index (χ1v) is 6.32. The van der Waals surface area contributed by atoms with E-state index in [-0.39, 0.29) is 11.3 Å². The van der Waals surface area contributed by atoms with Crippen LogP contribution >= 0.6 is 22.6 Å². The highest BCUT2D eigenvalue weighted by Crippen LogP contribution is 2.27. The number of carbonyl (C=O) groups is 1. The third-order valence-corrected chi connectivity index (χ3v) is 2.95. The van der Waals surface area contributed by atoms with Gasteiger partial charge in [0.25, 0.3) is 0 Å². The lowest BCUT2D eigenvalue weighted by Gasteiger charge is -2.24. The molecule has 0 spiro atoms. The van der Waals surface area contributed by atoms with Crippen LogP contribution in [0.1, 0.15) is 33.1 Å². The van der Waals surface area contributed by atoms with E-state index in [0.29, 0.717) is 6.42 Å². The van der Waals surface area contributed by atoms with Crippen LogP contribution in [0.2, 0.25) is 0 Å². The second kappa shape index (κ2) is 6.61. The van der Waals surface area contributed by atoms with E-state index in [4.69, 9.17) is 4.84 Å². The van der Waals surface area contributed by atoms with Gasteiger partial charge in [-0.25, -0.2) is 5.06 Å². The molecule has 3 nitrogen and oxygen atoms in total. The number of carbonyl (C=O) groups excluding carboxylic acids is 1. The van der Waals surface area contributed by atoms with Gasteiger partial charge in [0.2, 0.25) is 5.91 Å². The minimum absolute atomic E-state index is 0.0500. The predicted octanol–water partition coefficient (Wildman–Crippen LogP) is 2.64. The molecule has 14 heavy (non-hydrogen) atoms. The number of amides is 1. The summed E-state index contributed by atoms with van der Waals surface area (Å²) in [5.41, 5.74) is 0.255. The highest BCUT2D eigenvalue weighted by Gasteiger charge is 2.19. The molecule has 0 atom stereocenters. The Morgan fingerprint density at radius 3 is 2.43 bits per heavy atom. The molecule has 0 aliphatic carbocycles. The largest absolute Gasteiger partial charge is 0.275 e. The molecule has 4 heteroatoms. The maximum Gasteiger partial charge on any atom is 0.245 e. The van der Waals surface area contributed by atoms with Crippen LogP contribution in [-0.2, 0) is 9.63 Å². The van der Waals surface area contributed by atoms with Crippen molar-refractivity contribution >= 4 is 28.5 Å². The number of alkyl halides is 1. The number of hydrogen-bond acceptors (Lipinski definition) is 2. The van der Waals surface area contributed by atoms with E-state index in [0.717, 1.165) is 17.3 Å². The van der Waals surface area contributed by atoms with Gasteiger partial charge in [0, 0.05) is 17.9 Å². The smallest absolute Gasteiger partial charge is 0.245 e. The summed E-state index contributed by atoms with van der Waals surface area (Å²) in [6.07, 6.45) is 2.63. The van der Waals surface area contributed by atoms with E-state index >= 15 is 0 Å². The summed E-state index contributed by atoms with van der Waals surface area (Å²) in [4.78, 5) is 16.2. The summed E-state index contributed by atoms with van der Waals surface area (Å²) < 4.78 is 1.14. The van der Waals surface area contributed by atoms with Crippen molar-refractivity contribution in [2.75, 3.05) is 18.6 Å². The van der Waals surface area contributed by atoms with Crippen LogP contribution in [-0.4, -0.2) is 29.6 Å². The van der Waals surface area contributed by atoms with Gasteiger partial charge in [0.05, 0.1) is 7.11 Å². The number of hydrogen-bond donors (Lipinski definition) is 0. The van der Waals surface area contributed by atoms with Gasteiger partial charge in [-0.3, -0.25) is 9.63 Å². The summed E-state index contributed by atoms with van der Waals surface area (Å²) in [6.45, 7) is 4.40. The van der Waals surface area contributed by atoms with Crippen LogP contribution in [0.4, 0.5) is 0 Å². The molecule has 0 aliphatic heterocycles. The van der Waals surface area contributed by atoms with Crippen LogP contribution in [0, 0.1) is 5.41 Å².